The molecule has 0 aromatic heterocycles. The number of thioether (sulfide) groups is 1. The third kappa shape index (κ3) is 3.99. The number of aliphatic imine (C=N–C) groups is 1. The average molecular weight is 398 g/mol. The number of carbonyl (C=O) groups is 1. The Morgan fingerprint density at radius 1 is 1.00 bits per heavy atom. The molecule has 146 valence electrons. The number of nitrogens with one attached hydrogen (secondary N) is 1. The number of methoxy groups -OCH3 is 3. The van der Waals surface area contributed by atoms with Crippen LogP contribution in [-0.2, 0) is 4.79 Å². The van der Waals surface area contributed by atoms with E-state index < -0.39 is 0 Å². The highest BCUT2D eigenvalue weighted by Crippen LogP contribution is 2.41. The van der Waals surface area contributed by atoms with E-state index in [1.807, 2.05) is 32.0 Å². The molecule has 0 unspecified atom stereocenters. The molecule has 0 bridgehead atoms. The molecule has 0 spiro atoms. The van der Waals surface area contributed by atoms with Crippen molar-refractivity contribution in [1.82, 2.24) is 5.32 Å². The molecule has 0 aliphatic carbocycles. The van der Waals surface area contributed by atoms with E-state index in [9.17, 15) is 4.79 Å². The van der Waals surface area contributed by atoms with Crippen LogP contribution in [0.15, 0.2) is 40.2 Å². The van der Waals surface area contributed by atoms with Gasteiger partial charge < -0.3 is 19.5 Å². The summed E-state index contributed by atoms with van der Waals surface area (Å²) in [6.45, 7) is 4.03. The number of hydrogen-bond acceptors (Lipinski definition) is 6. The highest BCUT2D eigenvalue weighted by molar-refractivity contribution is 8.18. The Kier molecular flexibility index (Phi) is 5.94. The highest BCUT2D eigenvalue weighted by Gasteiger charge is 2.25. The summed E-state index contributed by atoms with van der Waals surface area (Å²) >= 11 is 1.29. The predicted octanol–water partition coefficient (Wildman–Crippen LogP) is 4.22. The Balaban J connectivity index is 1.94. The molecule has 1 fully saturated rings. The predicted molar refractivity (Wildman–Crippen MR) is 113 cm³/mol. The number of ether oxygens (including phenoxy) is 3. The van der Waals surface area contributed by atoms with Crippen LogP contribution in [0.25, 0.3) is 6.08 Å². The summed E-state index contributed by atoms with van der Waals surface area (Å²) < 4.78 is 16.2. The number of hydrogen-bond donors (Lipinski definition) is 1. The summed E-state index contributed by atoms with van der Waals surface area (Å²) in [6, 6.07) is 9.60. The van der Waals surface area contributed by atoms with Crippen LogP contribution in [0.4, 0.5) is 5.69 Å². The minimum atomic E-state index is -0.203. The lowest BCUT2D eigenvalue weighted by Gasteiger charge is -2.14. The summed E-state index contributed by atoms with van der Waals surface area (Å²) in [5, 5.41) is 3.36. The molecule has 3 rings (SSSR count). The fourth-order valence-electron chi connectivity index (χ4n) is 2.90. The second-order valence-electron chi connectivity index (χ2n) is 6.20. The van der Waals surface area contributed by atoms with Crippen molar-refractivity contribution in [3.63, 3.8) is 0 Å². The van der Waals surface area contributed by atoms with Crippen molar-refractivity contribution in [1.29, 1.82) is 0 Å². The standard InChI is InChI=1S/C21H22N2O4S/c1-12-6-8-15(13(2)10-12)22-21-23-20(24)17(28-21)11-14-7-9-16(25-3)19(27-5)18(14)26-4/h6-11H,1-5H3,(H,22,23,24)/b17-11+. The van der Waals surface area contributed by atoms with E-state index in [1.54, 1.807) is 33.5 Å². The highest BCUT2D eigenvalue weighted by atomic mass is 32.2. The lowest BCUT2D eigenvalue weighted by Crippen LogP contribution is -2.19. The molecule has 2 aromatic rings. The normalized spacial score (nSPS) is 16.4. The molecule has 1 aliphatic rings. The maximum Gasteiger partial charge on any atom is 0.264 e. The van der Waals surface area contributed by atoms with Crippen LogP contribution in [0.3, 0.4) is 0 Å². The smallest absolute Gasteiger partial charge is 0.264 e. The third-order valence-corrected chi connectivity index (χ3v) is 5.16. The Morgan fingerprint density at radius 3 is 2.39 bits per heavy atom. The number of rotatable bonds is 5. The zero-order valence-electron chi connectivity index (χ0n) is 16.5. The maximum absolute atomic E-state index is 12.4. The number of aryl methyl sites for hydroxylation is 2. The Bertz CT molecular complexity index is 983. The van der Waals surface area contributed by atoms with Crippen molar-refractivity contribution >= 4 is 34.6 Å². The third-order valence-electron chi connectivity index (χ3n) is 4.25. The van der Waals surface area contributed by atoms with Crippen LogP contribution in [0.2, 0.25) is 0 Å². The van der Waals surface area contributed by atoms with Gasteiger partial charge in [-0.05, 0) is 55.4 Å². The quantitative estimate of drug-likeness (QED) is 0.764. The molecular formula is C21H22N2O4S. The molecule has 1 heterocycles. The second kappa shape index (κ2) is 8.39. The summed E-state index contributed by atoms with van der Waals surface area (Å²) in [5.74, 6) is 1.34. The molecule has 0 radical (unpaired) electrons. The summed E-state index contributed by atoms with van der Waals surface area (Å²) in [7, 11) is 4.66. The average Bonchev–Trinajstić information content (AvgIpc) is 3.02. The van der Waals surface area contributed by atoms with Crippen LogP contribution in [-0.4, -0.2) is 32.4 Å². The molecule has 1 saturated heterocycles. The van der Waals surface area contributed by atoms with Gasteiger partial charge in [-0.25, -0.2) is 4.99 Å². The van der Waals surface area contributed by atoms with Gasteiger partial charge in [-0.3, -0.25) is 4.79 Å². The van der Waals surface area contributed by atoms with Gasteiger partial charge in [0.1, 0.15) is 0 Å². The number of amidine groups is 1. The largest absolute Gasteiger partial charge is 0.493 e. The van der Waals surface area contributed by atoms with Crippen LogP contribution in [0.1, 0.15) is 16.7 Å². The molecule has 0 saturated carbocycles. The first-order chi connectivity index (χ1) is 13.5. The molecule has 1 N–H and O–H groups in total. The Hall–Kier alpha value is -2.93. The first-order valence-corrected chi connectivity index (χ1v) is 9.44. The van der Waals surface area contributed by atoms with Crippen molar-refractivity contribution in [2.24, 2.45) is 4.99 Å². The molecule has 7 heteroatoms. The van der Waals surface area contributed by atoms with Crippen LogP contribution >= 0.6 is 11.8 Å². The fourth-order valence-corrected chi connectivity index (χ4v) is 3.73. The van der Waals surface area contributed by atoms with E-state index in [0.29, 0.717) is 32.9 Å². The van der Waals surface area contributed by atoms with Crippen molar-refractivity contribution < 1.29 is 19.0 Å². The van der Waals surface area contributed by atoms with Crippen molar-refractivity contribution in [3.05, 3.63) is 51.9 Å². The topological polar surface area (TPSA) is 69.2 Å². The molecule has 6 nitrogen and oxygen atoms in total. The maximum atomic E-state index is 12.4. The van der Waals surface area contributed by atoms with Crippen LogP contribution in [0.5, 0.6) is 17.2 Å². The summed E-state index contributed by atoms with van der Waals surface area (Å²) in [4.78, 5) is 17.5. The van der Waals surface area contributed by atoms with E-state index in [1.165, 1.54) is 17.3 Å². The van der Waals surface area contributed by atoms with E-state index in [2.05, 4.69) is 16.4 Å². The zero-order chi connectivity index (χ0) is 20.3. The molecule has 2 aromatic carbocycles. The number of carbonyl (C=O) groups excluding carboxylic acids is 1. The van der Waals surface area contributed by atoms with Crippen molar-refractivity contribution in [2.75, 3.05) is 21.3 Å². The monoisotopic (exact) mass is 398 g/mol. The van der Waals surface area contributed by atoms with Crippen LogP contribution in [0, 0.1) is 13.8 Å². The van der Waals surface area contributed by atoms with Gasteiger partial charge in [0.2, 0.25) is 5.75 Å². The minimum Gasteiger partial charge on any atom is -0.493 e. The van der Waals surface area contributed by atoms with Gasteiger partial charge in [0, 0.05) is 5.56 Å². The lowest BCUT2D eigenvalue weighted by atomic mass is 10.1. The zero-order valence-corrected chi connectivity index (χ0v) is 17.3. The Morgan fingerprint density at radius 2 is 1.75 bits per heavy atom. The van der Waals surface area contributed by atoms with E-state index >= 15 is 0 Å². The van der Waals surface area contributed by atoms with Gasteiger partial charge in [0.05, 0.1) is 31.9 Å². The fraction of sp³-hybridized carbons (Fsp3) is 0.238. The van der Waals surface area contributed by atoms with Gasteiger partial charge in [0.25, 0.3) is 5.91 Å². The summed E-state index contributed by atoms with van der Waals surface area (Å²) in [5.41, 5.74) is 3.77. The van der Waals surface area contributed by atoms with Crippen LogP contribution < -0.4 is 19.5 Å². The molecular weight excluding hydrogens is 376 g/mol. The van der Waals surface area contributed by atoms with E-state index in [0.717, 1.165) is 11.3 Å². The first-order valence-electron chi connectivity index (χ1n) is 8.62. The van der Waals surface area contributed by atoms with Crippen molar-refractivity contribution in [3.8, 4) is 17.2 Å². The molecule has 0 atom stereocenters. The van der Waals surface area contributed by atoms with Gasteiger partial charge in [0.15, 0.2) is 16.7 Å². The molecule has 1 aliphatic heterocycles. The van der Waals surface area contributed by atoms with E-state index in [-0.39, 0.29) is 5.91 Å². The van der Waals surface area contributed by atoms with Gasteiger partial charge in [-0.2, -0.15) is 0 Å². The SMILES string of the molecule is COc1ccc(/C=C2/SC(=Nc3ccc(C)cc3C)NC2=O)c(OC)c1OC. The van der Waals surface area contributed by atoms with Crippen molar-refractivity contribution in [2.45, 2.75) is 13.8 Å². The minimum absolute atomic E-state index is 0.203. The number of nitrogens with zero attached hydrogens (tertiary/aromatic N) is 1. The second-order valence-corrected chi connectivity index (χ2v) is 7.23. The molecule has 28 heavy (non-hydrogen) atoms. The van der Waals surface area contributed by atoms with Gasteiger partial charge >= 0.3 is 0 Å². The number of amides is 1. The first kappa shape index (κ1) is 19.8. The van der Waals surface area contributed by atoms with Gasteiger partial charge in [-0.1, -0.05) is 17.7 Å². The molecule has 1 amide bonds. The summed E-state index contributed by atoms with van der Waals surface area (Å²) in [6.07, 6.45) is 1.76. The van der Waals surface area contributed by atoms with E-state index in [4.69, 9.17) is 14.2 Å². The number of benzene rings is 2. The van der Waals surface area contributed by atoms with Gasteiger partial charge in [-0.15, -0.1) is 0 Å². The lowest BCUT2D eigenvalue weighted by molar-refractivity contribution is -0.115. The Labute approximate surface area is 168 Å².